The average Bonchev–Trinajstić information content (AvgIpc) is 2.37. The van der Waals surface area contributed by atoms with Crippen LogP contribution in [0.25, 0.3) is 0 Å². The fourth-order valence-electron chi connectivity index (χ4n) is 1.93. The summed E-state index contributed by atoms with van der Waals surface area (Å²) in [7, 11) is 1.75. The second-order valence-corrected chi connectivity index (χ2v) is 5.84. The summed E-state index contributed by atoms with van der Waals surface area (Å²) in [6, 6.07) is 4.73. The van der Waals surface area contributed by atoms with Gasteiger partial charge in [-0.15, -0.1) is 0 Å². The van der Waals surface area contributed by atoms with Gasteiger partial charge < -0.3 is 4.74 Å². The Hall–Kier alpha value is -0.670. The Morgan fingerprint density at radius 3 is 2.79 bits per heavy atom. The van der Waals surface area contributed by atoms with E-state index in [0.717, 1.165) is 30.3 Å². The molecule has 0 fully saturated rings. The topological polar surface area (TPSA) is 21.6 Å². The molecule has 0 aliphatic rings. The number of nitrogens with zero attached hydrogens (tertiary/aromatic N) is 1. The van der Waals surface area contributed by atoms with Gasteiger partial charge in [0.1, 0.15) is 0 Å². The van der Waals surface area contributed by atoms with Crippen LogP contribution in [-0.2, 0) is 11.2 Å². The summed E-state index contributed by atoms with van der Waals surface area (Å²) in [5.41, 5.74) is 3.88. The molecule has 0 aliphatic carbocycles. The molecule has 106 valence electrons. The maximum Gasteiger partial charge on any atom is 0.0469 e. The molecule has 2 nitrogen and oxygen atoms in total. The van der Waals surface area contributed by atoms with E-state index in [9.17, 15) is 0 Å². The summed E-state index contributed by atoms with van der Waals surface area (Å²) in [5, 5.41) is 0. The summed E-state index contributed by atoms with van der Waals surface area (Å²) in [4.78, 5) is 4.62. The molecule has 0 aliphatic heterocycles. The standard InChI is InChI=1S/C16H24BrNO/c1-5-13(3)18-11-16-12(2)9-15(17)10-14(16)7-6-8-19-4/h9-11,13H,5-8H2,1-4H3. The quantitative estimate of drug-likeness (QED) is 0.532. The predicted molar refractivity (Wildman–Crippen MR) is 86.4 cm³/mol. The number of benzene rings is 1. The Labute approximate surface area is 125 Å². The molecule has 1 aromatic carbocycles. The van der Waals surface area contributed by atoms with Crippen molar-refractivity contribution in [2.75, 3.05) is 13.7 Å². The Balaban J connectivity index is 2.95. The number of halogens is 1. The molecule has 0 bridgehead atoms. The highest BCUT2D eigenvalue weighted by Crippen LogP contribution is 2.21. The van der Waals surface area contributed by atoms with Crippen LogP contribution in [0.2, 0.25) is 0 Å². The van der Waals surface area contributed by atoms with Gasteiger partial charge in [-0.05, 0) is 61.9 Å². The van der Waals surface area contributed by atoms with Crippen molar-refractivity contribution in [2.24, 2.45) is 4.99 Å². The molecule has 1 atom stereocenters. The number of methoxy groups -OCH3 is 1. The van der Waals surface area contributed by atoms with E-state index in [1.807, 2.05) is 6.21 Å². The van der Waals surface area contributed by atoms with Crippen molar-refractivity contribution in [3.63, 3.8) is 0 Å². The van der Waals surface area contributed by atoms with Crippen molar-refractivity contribution in [3.8, 4) is 0 Å². The zero-order valence-electron chi connectivity index (χ0n) is 12.4. The van der Waals surface area contributed by atoms with Gasteiger partial charge in [-0.25, -0.2) is 0 Å². The summed E-state index contributed by atoms with van der Waals surface area (Å²) >= 11 is 3.57. The molecule has 0 radical (unpaired) electrons. The third-order valence-electron chi connectivity index (χ3n) is 3.28. The molecule has 3 heteroatoms. The average molecular weight is 326 g/mol. The van der Waals surface area contributed by atoms with Crippen molar-refractivity contribution in [1.29, 1.82) is 0 Å². The first-order valence-electron chi connectivity index (χ1n) is 6.89. The van der Waals surface area contributed by atoms with E-state index < -0.39 is 0 Å². The van der Waals surface area contributed by atoms with E-state index in [1.54, 1.807) is 7.11 Å². The SMILES string of the molecule is CCC(C)N=Cc1c(C)cc(Br)cc1CCCOC. The molecule has 0 spiro atoms. The first-order valence-corrected chi connectivity index (χ1v) is 7.68. The van der Waals surface area contributed by atoms with Crippen LogP contribution in [0, 0.1) is 6.92 Å². The lowest BCUT2D eigenvalue weighted by atomic mass is 9.99. The second-order valence-electron chi connectivity index (χ2n) is 4.93. The van der Waals surface area contributed by atoms with E-state index in [2.05, 4.69) is 53.8 Å². The molecule has 0 aromatic heterocycles. The third kappa shape index (κ3) is 5.45. The molecule has 1 unspecified atom stereocenters. The summed E-state index contributed by atoms with van der Waals surface area (Å²) in [6.45, 7) is 7.25. The minimum absolute atomic E-state index is 0.384. The number of hydrogen-bond acceptors (Lipinski definition) is 2. The van der Waals surface area contributed by atoms with Gasteiger partial charge >= 0.3 is 0 Å². The lowest BCUT2D eigenvalue weighted by Gasteiger charge is -2.11. The van der Waals surface area contributed by atoms with Gasteiger partial charge in [0.05, 0.1) is 0 Å². The van der Waals surface area contributed by atoms with Crippen LogP contribution in [-0.4, -0.2) is 26.0 Å². The minimum Gasteiger partial charge on any atom is -0.385 e. The van der Waals surface area contributed by atoms with Gasteiger partial charge in [-0.1, -0.05) is 22.9 Å². The lowest BCUT2D eigenvalue weighted by molar-refractivity contribution is 0.195. The summed E-state index contributed by atoms with van der Waals surface area (Å²) in [6.07, 6.45) is 5.18. The number of ether oxygens (including phenoxy) is 1. The molecule has 0 saturated heterocycles. The van der Waals surface area contributed by atoms with Gasteiger partial charge in [-0.2, -0.15) is 0 Å². The largest absolute Gasteiger partial charge is 0.385 e. The van der Waals surface area contributed by atoms with Crippen molar-refractivity contribution in [2.45, 2.75) is 46.1 Å². The molecule has 0 heterocycles. The van der Waals surface area contributed by atoms with Crippen LogP contribution in [0.15, 0.2) is 21.6 Å². The van der Waals surface area contributed by atoms with Crippen LogP contribution >= 0.6 is 15.9 Å². The highest BCUT2D eigenvalue weighted by atomic mass is 79.9. The molecule has 1 aromatic rings. The van der Waals surface area contributed by atoms with Crippen molar-refractivity contribution in [3.05, 3.63) is 33.3 Å². The van der Waals surface area contributed by atoms with E-state index >= 15 is 0 Å². The van der Waals surface area contributed by atoms with Gasteiger partial charge in [0.15, 0.2) is 0 Å². The third-order valence-corrected chi connectivity index (χ3v) is 3.74. The summed E-state index contributed by atoms with van der Waals surface area (Å²) < 4.78 is 6.27. The Kier molecular flexibility index (Phi) is 7.32. The van der Waals surface area contributed by atoms with Gasteiger partial charge in [0.25, 0.3) is 0 Å². The zero-order valence-corrected chi connectivity index (χ0v) is 14.0. The first-order chi connectivity index (χ1) is 9.08. The smallest absolute Gasteiger partial charge is 0.0469 e. The Morgan fingerprint density at radius 2 is 2.16 bits per heavy atom. The first kappa shape index (κ1) is 16.4. The Morgan fingerprint density at radius 1 is 1.42 bits per heavy atom. The molecule has 1 rings (SSSR count). The number of rotatable bonds is 7. The van der Waals surface area contributed by atoms with E-state index in [1.165, 1.54) is 16.7 Å². The second kappa shape index (κ2) is 8.49. The van der Waals surface area contributed by atoms with Crippen LogP contribution in [0.3, 0.4) is 0 Å². The van der Waals surface area contributed by atoms with Crippen LogP contribution in [0.4, 0.5) is 0 Å². The lowest BCUT2D eigenvalue weighted by Crippen LogP contribution is -2.02. The summed E-state index contributed by atoms with van der Waals surface area (Å²) in [5.74, 6) is 0. The normalized spacial score (nSPS) is 13.1. The van der Waals surface area contributed by atoms with Gasteiger partial charge in [0.2, 0.25) is 0 Å². The molecule has 0 N–H and O–H groups in total. The monoisotopic (exact) mass is 325 g/mol. The molecular formula is C16H24BrNO. The molecule has 0 saturated carbocycles. The van der Waals surface area contributed by atoms with Crippen LogP contribution in [0.5, 0.6) is 0 Å². The maximum atomic E-state index is 5.13. The van der Waals surface area contributed by atoms with E-state index in [4.69, 9.17) is 4.74 Å². The number of aliphatic imine (C=N–C) groups is 1. The van der Waals surface area contributed by atoms with E-state index in [-0.39, 0.29) is 0 Å². The van der Waals surface area contributed by atoms with Crippen LogP contribution in [0.1, 0.15) is 43.4 Å². The highest BCUT2D eigenvalue weighted by molar-refractivity contribution is 9.10. The van der Waals surface area contributed by atoms with E-state index in [0.29, 0.717) is 6.04 Å². The Bertz CT molecular complexity index is 429. The maximum absolute atomic E-state index is 5.13. The van der Waals surface area contributed by atoms with Crippen LogP contribution < -0.4 is 0 Å². The molecule has 19 heavy (non-hydrogen) atoms. The minimum atomic E-state index is 0.384. The van der Waals surface area contributed by atoms with Crippen molar-refractivity contribution >= 4 is 22.1 Å². The van der Waals surface area contributed by atoms with Crippen molar-refractivity contribution in [1.82, 2.24) is 0 Å². The molecular weight excluding hydrogens is 302 g/mol. The van der Waals surface area contributed by atoms with Crippen molar-refractivity contribution < 1.29 is 4.74 Å². The molecule has 0 amide bonds. The fraction of sp³-hybridized carbons (Fsp3) is 0.562. The van der Waals surface area contributed by atoms with Gasteiger partial charge in [-0.3, -0.25) is 4.99 Å². The predicted octanol–water partition coefficient (Wildman–Crippen LogP) is 4.55. The fourth-order valence-corrected chi connectivity index (χ4v) is 2.55. The zero-order chi connectivity index (χ0) is 14.3. The number of aryl methyl sites for hydroxylation is 2. The number of hydrogen-bond donors (Lipinski definition) is 0. The highest BCUT2D eigenvalue weighted by Gasteiger charge is 2.06. The van der Waals surface area contributed by atoms with Gasteiger partial charge in [0, 0.05) is 30.4 Å².